The largest absolute Gasteiger partial charge is 0.394 e. The molecule has 18 heavy (non-hydrogen) atoms. The molecule has 2 atom stereocenters. The molecule has 0 bridgehead atoms. The van der Waals surface area contributed by atoms with Gasteiger partial charge in [-0.05, 0) is 46.1 Å². The van der Waals surface area contributed by atoms with Crippen molar-refractivity contribution in [3.05, 3.63) is 17.7 Å². The van der Waals surface area contributed by atoms with Gasteiger partial charge in [0, 0.05) is 17.3 Å². The van der Waals surface area contributed by atoms with E-state index in [1.165, 1.54) is 5.69 Å². The summed E-state index contributed by atoms with van der Waals surface area (Å²) in [5.74, 6) is 0. The fraction of sp³-hybridized carbons (Fsp3) is 0.786. The molecule has 0 saturated heterocycles. The Labute approximate surface area is 109 Å². The van der Waals surface area contributed by atoms with Gasteiger partial charge in [-0.3, -0.25) is 0 Å². The molecule has 2 unspecified atom stereocenters. The van der Waals surface area contributed by atoms with Crippen molar-refractivity contribution in [2.24, 2.45) is 0 Å². The molecule has 1 aromatic heterocycles. The molecule has 0 aromatic carbocycles. The zero-order valence-electron chi connectivity index (χ0n) is 11.7. The predicted octanol–water partition coefficient (Wildman–Crippen LogP) is 1.96. The molecule has 0 amide bonds. The molecule has 4 nitrogen and oxygen atoms in total. The maximum Gasteiger partial charge on any atom is 0.0954 e. The van der Waals surface area contributed by atoms with Gasteiger partial charge in [-0.1, -0.05) is 6.92 Å². The van der Waals surface area contributed by atoms with E-state index in [0.29, 0.717) is 6.04 Å². The van der Waals surface area contributed by atoms with Crippen molar-refractivity contribution in [1.29, 1.82) is 0 Å². The fourth-order valence-corrected chi connectivity index (χ4v) is 2.97. The van der Waals surface area contributed by atoms with Crippen molar-refractivity contribution in [3.63, 3.8) is 0 Å². The third-order valence-electron chi connectivity index (χ3n) is 4.32. The highest BCUT2D eigenvalue weighted by Crippen LogP contribution is 2.38. The van der Waals surface area contributed by atoms with E-state index in [0.717, 1.165) is 37.9 Å². The number of aliphatic hydroxyl groups excluding tert-OH is 1. The van der Waals surface area contributed by atoms with Crippen LogP contribution in [0.4, 0.5) is 0 Å². The summed E-state index contributed by atoms with van der Waals surface area (Å²) in [6, 6.07) is 0.475. The van der Waals surface area contributed by atoms with Crippen LogP contribution in [0.1, 0.15) is 50.0 Å². The summed E-state index contributed by atoms with van der Waals surface area (Å²) < 4.78 is 2.28. The average molecular weight is 251 g/mol. The number of aromatic nitrogens is 2. The van der Waals surface area contributed by atoms with E-state index < -0.39 is 0 Å². The highest BCUT2D eigenvalue weighted by molar-refractivity contribution is 5.11. The minimum Gasteiger partial charge on any atom is -0.394 e. The summed E-state index contributed by atoms with van der Waals surface area (Å²) in [7, 11) is 0. The summed E-state index contributed by atoms with van der Waals surface area (Å²) in [6.45, 7) is 7.55. The zero-order valence-corrected chi connectivity index (χ0v) is 11.7. The molecule has 1 aliphatic carbocycles. The first-order valence-corrected chi connectivity index (χ1v) is 6.98. The summed E-state index contributed by atoms with van der Waals surface area (Å²) in [4.78, 5) is 4.38. The van der Waals surface area contributed by atoms with Crippen LogP contribution in [0, 0.1) is 13.8 Å². The van der Waals surface area contributed by atoms with Gasteiger partial charge in [-0.15, -0.1) is 0 Å². The van der Waals surface area contributed by atoms with Crippen LogP contribution in [0.3, 0.4) is 0 Å². The number of nitrogens with one attached hydrogen (secondary N) is 1. The minimum atomic E-state index is -0.0781. The van der Waals surface area contributed by atoms with Crippen LogP contribution in [0.2, 0.25) is 0 Å². The van der Waals surface area contributed by atoms with E-state index in [1.54, 1.807) is 0 Å². The van der Waals surface area contributed by atoms with Crippen molar-refractivity contribution < 1.29 is 5.11 Å². The Morgan fingerprint density at radius 2 is 2.33 bits per heavy atom. The summed E-state index contributed by atoms with van der Waals surface area (Å²) >= 11 is 0. The summed E-state index contributed by atoms with van der Waals surface area (Å²) in [6.07, 6.45) is 6.22. The smallest absolute Gasteiger partial charge is 0.0954 e. The van der Waals surface area contributed by atoms with E-state index >= 15 is 0 Å². The second kappa shape index (κ2) is 5.41. The van der Waals surface area contributed by atoms with Crippen LogP contribution >= 0.6 is 0 Å². The van der Waals surface area contributed by atoms with Gasteiger partial charge in [-0.2, -0.15) is 0 Å². The van der Waals surface area contributed by atoms with Gasteiger partial charge in [0.15, 0.2) is 0 Å². The maximum atomic E-state index is 9.69. The first-order valence-electron chi connectivity index (χ1n) is 6.98. The van der Waals surface area contributed by atoms with Crippen LogP contribution in [-0.2, 0) is 0 Å². The van der Waals surface area contributed by atoms with Gasteiger partial charge >= 0.3 is 0 Å². The molecule has 0 aliphatic heterocycles. The molecule has 1 saturated carbocycles. The highest BCUT2D eigenvalue weighted by atomic mass is 16.3. The lowest BCUT2D eigenvalue weighted by Crippen LogP contribution is -2.46. The molecule has 1 fully saturated rings. The van der Waals surface area contributed by atoms with E-state index in [9.17, 15) is 5.11 Å². The molecular weight excluding hydrogens is 226 g/mol. The Bertz CT molecular complexity index is 402. The lowest BCUT2D eigenvalue weighted by Gasteiger charge is -2.29. The van der Waals surface area contributed by atoms with Gasteiger partial charge in [0.1, 0.15) is 0 Å². The molecule has 2 N–H and O–H groups in total. The third-order valence-corrected chi connectivity index (χ3v) is 4.32. The monoisotopic (exact) mass is 251 g/mol. The van der Waals surface area contributed by atoms with Gasteiger partial charge in [0.05, 0.1) is 18.6 Å². The van der Waals surface area contributed by atoms with Crippen LogP contribution in [0.5, 0.6) is 0 Å². The normalized spacial score (nSPS) is 27.9. The minimum absolute atomic E-state index is 0.0781. The van der Waals surface area contributed by atoms with Gasteiger partial charge in [0.25, 0.3) is 0 Å². The van der Waals surface area contributed by atoms with Crippen LogP contribution in [-0.4, -0.2) is 33.3 Å². The Balaban J connectivity index is 2.09. The number of aryl methyl sites for hydroxylation is 1. The lowest BCUT2D eigenvalue weighted by molar-refractivity contribution is 0.161. The fourth-order valence-electron chi connectivity index (χ4n) is 2.97. The molecule has 102 valence electrons. The number of rotatable bonds is 5. The third kappa shape index (κ3) is 2.45. The van der Waals surface area contributed by atoms with Crippen molar-refractivity contribution in [3.8, 4) is 0 Å². The molecule has 0 radical (unpaired) electrons. The SMILES string of the molecule is CCCNC1(CO)CCC(n2cnc(C)c2C)C1. The molecule has 1 aliphatic rings. The average Bonchev–Trinajstić information content (AvgIpc) is 2.94. The number of hydrogen-bond acceptors (Lipinski definition) is 3. The zero-order chi connectivity index (χ0) is 13.2. The molecule has 4 heteroatoms. The number of nitrogens with zero attached hydrogens (tertiary/aromatic N) is 2. The Hall–Kier alpha value is -0.870. The standard InChI is InChI=1S/C14H25N3O/c1-4-7-16-14(9-18)6-5-13(8-14)17-10-15-11(2)12(17)3/h10,13,16,18H,4-9H2,1-3H3. The van der Waals surface area contributed by atoms with Crippen molar-refractivity contribution in [1.82, 2.24) is 14.9 Å². The number of hydrogen-bond donors (Lipinski definition) is 2. The number of imidazole rings is 1. The van der Waals surface area contributed by atoms with E-state index in [1.807, 2.05) is 6.33 Å². The van der Waals surface area contributed by atoms with Crippen molar-refractivity contribution >= 4 is 0 Å². The summed E-state index contributed by atoms with van der Waals surface area (Å²) in [5, 5.41) is 13.2. The van der Waals surface area contributed by atoms with Crippen LogP contribution in [0.25, 0.3) is 0 Å². The first kappa shape index (κ1) is 13.6. The Morgan fingerprint density at radius 3 is 2.89 bits per heavy atom. The Kier molecular flexibility index (Phi) is 4.07. The molecular formula is C14H25N3O. The molecule has 0 spiro atoms. The van der Waals surface area contributed by atoms with Gasteiger partial charge in [0.2, 0.25) is 0 Å². The van der Waals surface area contributed by atoms with Crippen LogP contribution < -0.4 is 5.32 Å². The second-order valence-electron chi connectivity index (χ2n) is 5.58. The summed E-state index contributed by atoms with van der Waals surface area (Å²) in [5.41, 5.74) is 2.29. The van der Waals surface area contributed by atoms with E-state index in [4.69, 9.17) is 0 Å². The quantitative estimate of drug-likeness (QED) is 0.841. The van der Waals surface area contributed by atoms with Crippen molar-refractivity contribution in [2.45, 2.75) is 58.0 Å². The molecule has 1 heterocycles. The highest BCUT2D eigenvalue weighted by Gasteiger charge is 2.39. The van der Waals surface area contributed by atoms with E-state index in [-0.39, 0.29) is 12.1 Å². The van der Waals surface area contributed by atoms with Crippen molar-refractivity contribution in [2.75, 3.05) is 13.2 Å². The second-order valence-corrected chi connectivity index (χ2v) is 5.58. The van der Waals surface area contributed by atoms with Gasteiger partial charge < -0.3 is 15.0 Å². The van der Waals surface area contributed by atoms with E-state index in [2.05, 4.69) is 35.6 Å². The molecule has 1 aromatic rings. The van der Waals surface area contributed by atoms with Crippen LogP contribution in [0.15, 0.2) is 6.33 Å². The predicted molar refractivity (Wildman–Crippen MR) is 72.7 cm³/mol. The Morgan fingerprint density at radius 1 is 1.56 bits per heavy atom. The maximum absolute atomic E-state index is 9.69. The number of aliphatic hydroxyl groups is 1. The van der Waals surface area contributed by atoms with Gasteiger partial charge in [-0.25, -0.2) is 4.98 Å². The topological polar surface area (TPSA) is 50.1 Å². The first-order chi connectivity index (χ1) is 8.62. The molecule has 2 rings (SSSR count). The lowest BCUT2D eigenvalue weighted by atomic mass is 9.98.